The van der Waals surface area contributed by atoms with Crippen LogP contribution in [0.5, 0.6) is 0 Å². The molecule has 8 nitrogen and oxygen atoms in total. The van der Waals surface area contributed by atoms with Crippen molar-refractivity contribution in [1.29, 1.82) is 0 Å². The number of aromatic nitrogens is 5. The zero-order chi connectivity index (χ0) is 23.8. The van der Waals surface area contributed by atoms with Crippen molar-refractivity contribution in [3.8, 4) is 11.5 Å². The van der Waals surface area contributed by atoms with E-state index in [0.29, 0.717) is 22.3 Å². The van der Waals surface area contributed by atoms with Crippen LogP contribution in [0.4, 0.5) is 13.2 Å². The SMILES string of the molecule is CCN1CCC(n2c(=O)n(Cc3ccc(-c4nnc(C(F)F)o4)cn3)c3cc(F)ccc32)CC1. The minimum atomic E-state index is -2.85. The molecule has 1 fully saturated rings. The zero-order valence-electron chi connectivity index (χ0n) is 18.5. The van der Waals surface area contributed by atoms with Crippen molar-refractivity contribution in [3.05, 3.63) is 64.4 Å². The lowest BCUT2D eigenvalue weighted by Gasteiger charge is -2.31. The molecule has 1 aliphatic rings. The first kappa shape index (κ1) is 22.3. The van der Waals surface area contributed by atoms with Crippen LogP contribution in [0.15, 0.2) is 45.7 Å². The third kappa shape index (κ3) is 4.11. The third-order valence-electron chi connectivity index (χ3n) is 6.31. The van der Waals surface area contributed by atoms with Gasteiger partial charge in [0.1, 0.15) is 5.82 Å². The van der Waals surface area contributed by atoms with Crippen molar-refractivity contribution in [3.63, 3.8) is 0 Å². The molecule has 0 saturated carbocycles. The largest absolute Gasteiger partial charge is 0.415 e. The van der Waals surface area contributed by atoms with Gasteiger partial charge < -0.3 is 9.32 Å². The molecule has 11 heteroatoms. The summed E-state index contributed by atoms with van der Waals surface area (Å²) in [6.07, 6.45) is 0.264. The van der Waals surface area contributed by atoms with Gasteiger partial charge in [-0.1, -0.05) is 6.92 Å². The van der Waals surface area contributed by atoms with Gasteiger partial charge in [0.15, 0.2) is 0 Å². The summed E-state index contributed by atoms with van der Waals surface area (Å²) in [6.45, 7) is 5.05. The Bertz CT molecular complexity index is 1350. The first-order valence-corrected chi connectivity index (χ1v) is 11.1. The van der Waals surface area contributed by atoms with Crippen molar-refractivity contribution in [2.75, 3.05) is 19.6 Å². The van der Waals surface area contributed by atoms with Gasteiger partial charge in [0.05, 0.1) is 28.8 Å². The van der Waals surface area contributed by atoms with Crippen LogP contribution < -0.4 is 5.69 Å². The molecule has 1 aromatic carbocycles. The number of likely N-dealkylation sites (tertiary alicyclic amines) is 1. The van der Waals surface area contributed by atoms with Gasteiger partial charge in [-0.05, 0) is 49.7 Å². The lowest BCUT2D eigenvalue weighted by molar-refractivity contribution is 0.116. The lowest BCUT2D eigenvalue weighted by atomic mass is 10.0. The van der Waals surface area contributed by atoms with E-state index < -0.39 is 18.1 Å². The molecule has 4 heterocycles. The number of rotatable bonds is 6. The number of hydrogen-bond donors (Lipinski definition) is 0. The maximum Gasteiger partial charge on any atom is 0.329 e. The summed E-state index contributed by atoms with van der Waals surface area (Å²) in [6, 6.07) is 7.69. The molecule has 0 N–H and O–H groups in total. The molecule has 0 atom stereocenters. The van der Waals surface area contributed by atoms with Gasteiger partial charge in [0.2, 0.25) is 5.89 Å². The van der Waals surface area contributed by atoms with E-state index in [-0.39, 0.29) is 24.2 Å². The van der Waals surface area contributed by atoms with Crippen molar-refractivity contribution >= 4 is 11.0 Å². The first-order valence-electron chi connectivity index (χ1n) is 11.1. The molecule has 1 saturated heterocycles. The van der Waals surface area contributed by atoms with E-state index in [2.05, 4.69) is 27.0 Å². The van der Waals surface area contributed by atoms with Crippen molar-refractivity contribution in [1.82, 2.24) is 29.2 Å². The zero-order valence-corrected chi connectivity index (χ0v) is 18.5. The van der Waals surface area contributed by atoms with Crippen LogP contribution in [0.3, 0.4) is 0 Å². The number of alkyl halides is 2. The molecule has 0 unspecified atom stereocenters. The minimum absolute atomic E-state index is 0.0430. The minimum Gasteiger partial charge on any atom is -0.415 e. The summed E-state index contributed by atoms with van der Waals surface area (Å²) in [4.78, 5) is 20.1. The third-order valence-corrected chi connectivity index (χ3v) is 6.31. The number of halogens is 3. The van der Waals surface area contributed by atoms with Gasteiger partial charge in [-0.25, -0.2) is 9.18 Å². The van der Waals surface area contributed by atoms with E-state index in [1.54, 1.807) is 22.8 Å². The summed E-state index contributed by atoms with van der Waals surface area (Å²) < 4.78 is 47.8. The molecular weight excluding hydrogens is 449 g/mol. The van der Waals surface area contributed by atoms with E-state index in [9.17, 15) is 18.0 Å². The number of fused-ring (bicyclic) bond motifs is 1. The van der Waals surface area contributed by atoms with Crippen LogP contribution >= 0.6 is 0 Å². The number of nitrogens with zero attached hydrogens (tertiary/aromatic N) is 6. The van der Waals surface area contributed by atoms with Crippen molar-refractivity contribution in [2.24, 2.45) is 0 Å². The Morgan fingerprint density at radius 3 is 2.56 bits per heavy atom. The summed E-state index contributed by atoms with van der Waals surface area (Å²) >= 11 is 0. The fraction of sp³-hybridized carbons (Fsp3) is 0.391. The van der Waals surface area contributed by atoms with Gasteiger partial charge in [-0.15, -0.1) is 10.2 Å². The van der Waals surface area contributed by atoms with Gasteiger partial charge in [-0.3, -0.25) is 14.1 Å². The monoisotopic (exact) mass is 472 g/mol. The van der Waals surface area contributed by atoms with Crippen LogP contribution in [-0.4, -0.2) is 48.8 Å². The van der Waals surface area contributed by atoms with Crippen molar-refractivity contribution < 1.29 is 17.6 Å². The van der Waals surface area contributed by atoms with Crippen molar-refractivity contribution in [2.45, 2.75) is 38.8 Å². The van der Waals surface area contributed by atoms with Gasteiger partial charge in [-0.2, -0.15) is 8.78 Å². The van der Waals surface area contributed by atoms with Crippen LogP contribution in [0.2, 0.25) is 0 Å². The maximum atomic E-state index is 14.1. The molecule has 0 radical (unpaired) electrons. The maximum absolute atomic E-state index is 14.1. The number of benzene rings is 1. The lowest BCUT2D eigenvalue weighted by Crippen LogP contribution is -2.37. The quantitative estimate of drug-likeness (QED) is 0.422. The Morgan fingerprint density at radius 2 is 1.91 bits per heavy atom. The standard InChI is InChI=1S/C23H23F3N6O2/c1-2-30-9-7-17(8-10-30)32-18-6-4-15(24)11-19(18)31(23(32)33)13-16-5-3-14(12-27-16)21-28-29-22(34-21)20(25)26/h3-6,11-12,17,20H,2,7-10,13H2,1H3. The van der Waals surface area contributed by atoms with E-state index in [4.69, 9.17) is 4.42 Å². The average Bonchev–Trinajstić information content (AvgIpc) is 3.44. The van der Waals surface area contributed by atoms with Crippen LogP contribution in [-0.2, 0) is 6.54 Å². The predicted octanol–water partition coefficient (Wildman–Crippen LogP) is 4.03. The molecule has 4 aromatic rings. The van der Waals surface area contributed by atoms with Crippen LogP contribution in [0, 0.1) is 5.82 Å². The van der Waals surface area contributed by atoms with E-state index in [0.717, 1.165) is 32.5 Å². The molecular formula is C23H23F3N6O2. The molecule has 178 valence electrons. The topological polar surface area (TPSA) is 82.0 Å². The highest BCUT2D eigenvalue weighted by molar-refractivity contribution is 5.76. The smallest absolute Gasteiger partial charge is 0.329 e. The normalized spacial score (nSPS) is 15.6. The predicted molar refractivity (Wildman–Crippen MR) is 118 cm³/mol. The van der Waals surface area contributed by atoms with Crippen LogP contribution in [0.25, 0.3) is 22.5 Å². The molecule has 34 heavy (non-hydrogen) atoms. The number of imidazole rings is 1. The molecule has 0 amide bonds. The number of hydrogen-bond acceptors (Lipinski definition) is 6. The second kappa shape index (κ2) is 9.05. The van der Waals surface area contributed by atoms with Gasteiger partial charge >= 0.3 is 12.1 Å². The average molecular weight is 472 g/mol. The second-order valence-corrected chi connectivity index (χ2v) is 8.32. The number of piperidine rings is 1. The Labute approximate surface area is 192 Å². The van der Waals surface area contributed by atoms with Crippen LogP contribution in [0.1, 0.15) is 43.8 Å². The summed E-state index contributed by atoms with van der Waals surface area (Å²) in [5, 5.41) is 6.92. The van der Waals surface area contributed by atoms with Gasteiger partial charge in [0.25, 0.3) is 5.89 Å². The van der Waals surface area contributed by atoms with E-state index in [1.807, 2.05) is 0 Å². The highest BCUT2D eigenvalue weighted by atomic mass is 19.3. The fourth-order valence-electron chi connectivity index (χ4n) is 4.50. The molecule has 0 spiro atoms. The highest BCUT2D eigenvalue weighted by Gasteiger charge is 2.25. The molecule has 0 aliphatic carbocycles. The van der Waals surface area contributed by atoms with E-state index in [1.165, 1.54) is 22.9 Å². The summed E-state index contributed by atoms with van der Waals surface area (Å²) in [5.41, 5.74) is 1.92. The Hall–Kier alpha value is -3.47. The number of pyridine rings is 1. The molecule has 1 aliphatic heterocycles. The van der Waals surface area contributed by atoms with Gasteiger partial charge in [0, 0.05) is 25.3 Å². The van der Waals surface area contributed by atoms with E-state index >= 15 is 0 Å². The first-order chi connectivity index (χ1) is 16.4. The molecule has 0 bridgehead atoms. The fourth-order valence-corrected chi connectivity index (χ4v) is 4.50. The molecule has 3 aromatic heterocycles. The second-order valence-electron chi connectivity index (χ2n) is 8.32. The Balaban J connectivity index is 1.46. The Kier molecular flexibility index (Phi) is 5.94. The summed E-state index contributed by atoms with van der Waals surface area (Å²) in [7, 11) is 0. The summed E-state index contributed by atoms with van der Waals surface area (Å²) in [5.74, 6) is -1.25. The molecule has 5 rings (SSSR count). The highest BCUT2D eigenvalue weighted by Crippen LogP contribution is 2.27. The Morgan fingerprint density at radius 1 is 1.12 bits per heavy atom.